The van der Waals surface area contributed by atoms with Crippen LogP contribution in [0.2, 0.25) is 0 Å². The van der Waals surface area contributed by atoms with E-state index in [4.69, 9.17) is 18.7 Å². The van der Waals surface area contributed by atoms with E-state index < -0.39 is 21.8 Å². The van der Waals surface area contributed by atoms with Crippen molar-refractivity contribution in [2.45, 2.75) is 0 Å². The molecule has 0 fully saturated rings. The summed E-state index contributed by atoms with van der Waals surface area (Å²) in [5.41, 5.74) is 2.84. The molecule has 43 heavy (non-hydrogen) atoms. The molecule has 2 aromatic heterocycles. The van der Waals surface area contributed by atoms with Crippen LogP contribution in [0.1, 0.15) is 20.7 Å². The highest BCUT2D eigenvalue weighted by Crippen LogP contribution is 2.29. The smallest absolute Gasteiger partial charge is 0.340 e. The Morgan fingerprint density at radius 2 is 1.12 bits per heavy atom. The average molecular weight is 582 g/mol. The van der Waals surface area contributed by atoms with Crippen molar-refractivity contribution in [3.8, 4) is 22.9 Å². The number of oxazole rings is 2. The van der Waals surface area contributed by atoms with Crippen LogP contribution in [0.25, 0.3) is 45.1 Å². The lowest BCUT2D eigenvalue weighted by atomic mass is 10.2. The summed E-state index contributed by atoms with van der Waals surface area (Å²) in [5, 5.41) is 30.4. The van der Waals surface area contributed by atoms with Crippen molar-refractivity contribution in [2.75, 3.05) is 7.11 Å². The fourth-order valence-electron chi connectivity index (χ4n) is 4.04. The molecule has 1 N–H and O–H groups in total. The number of non-ortho nitro benzene ring substituents is 2. The summed E-state index contributed by atoms with van der Waals surface area (Å²) in [4.78, 5) is 51.6. The predicted octanol–water partition coefficient (Wildman–Crippen LogP) is 6.29. The van der Waals surface area contributed by atoms with E-state index in [1.54, 1.807) is 42.5 Å². The third-order valence-electron chi connectivity index (χ3n) is 6.12. The number of hydrogen-bond acceptors (Lipinski definition) is 11. The van der Waals surface area contributed by atoms with Crippen molar-refractivity contribution >= 4 is 45.5 Å². The fraction of sp³-hybridized carbons (Fsp3) is 0.0345. The number of rotatable bonds is 6. The number of fused-ring (bicyclic) bond motifs is 2. The lowest BCUT2D eigenvalue weighted by Gasteiger charge is -1.97. The largest absolute Gasteiger partial charge is 0.478 e. The minimum absolute atomic E-state index is 0.0184. The zero-order valence-corrected chi connectivity index (χ0v) is 22.0. The number of carboxylic acids is 1. The van der Waals surface area contributed by atoms with Crippen LogP contribution in [0, 0.1) is 20.2 Å². The predicted molar refractivity (Wildman–Crippen MR) is 150 cm³/mol. The number of aromatic carboxylic acids is 1. The maximum absolute atomic E-state index is 11.7. The van der Waals surface area contributed by atoms with Crippen molar-refractivity contribution in [2.24, 2.45) is 0 Å². The van der Waals surface area contributed by atoms with Crippen LogP contribution in [0.3, 0.4) is 0 Å². The van der Waals surface area contributed by atoms with E-state index in [9.17, 15) is 29.8 Å². The van der Waals surface area contributed by atoms with Crippen LogP contribution in [-0.4, -0.2) is 44.0 Å². The number of nitrogens with zero attached hydrogens (tertiary/aromatic N) is 4. The van der Waals surface area contributed by atoms with E-state index in [1.165, 1.54) is 49.6 Å². The summed E-state index contributed by atoms with van der Waals surface area (Å²) < 4.78 is 15.8. The van der Waals surface area contributed by atoms with Crippen LogP contribution >= 0.6 is 0 Å². The minimum Gasteiger partial charge on any atom is -0.478 e. The highest BCUT2D eigenvalue weighted by molar-refractivity contribution is 6.02. The summed E-state index contributed by atoms with van der Waals surface area (Å²) in [7, 11) is 1.29. The van der Waals surface area contributed by atoms with E-state index in [1.807, 2.05) is 0 Å². The fourth-order valence-corrected chi connectivity index (χ4v) is 4.04. The maximum atomic E-state index is 11.7. The molecule has 0 atom stereocenters. The monoisotopic (exact) mass is 582 g/mol. The highest BCUT2D eigenvalue weighted by atomic mass is 16.6. The summed E-state index contributed by atoms with van der Waals surface area (Å²) in [6.45, 7) is 0. The van der Waals surface area contributed by atoms with Gasteiger partial charge in [-0.15, -0.1) is 0 Å². The second kappa shape index (κ2) is 11.6. The van der Waals surface area contributed by atoms with Crippen LogP contribution in [0.4, 0.5) is 11.4 Å². The maximum Gasteiger partial charge on any atom is 0.340 e. The third-order valence-corrected chi connectivity index (χ3v) is 6.12. The Morgan fingerprint density at radius 3 is 1.51 bits per heavy atom. The third kappa shape index (κ3) is 5.74. The number of methoxy groups -OCH3 is 1. The van der Waals surface area contributed by atoms with E-state index in [2.05, 4.69) is 9.97 Å². The highest BCUT2D eigenvalue weighted by Gasteiger charge is 2.18. The Balaban J connectivity index is 0.000000171. The number of para-hydroxylation sites is 2. The normalized spacial score (nSPS) is 10.6. The first-order valence-electron chi connectivity index (χ1n) is 12.3. The Bertz CT molecular complexity index is 2010. The lowest BCUT2D eigenvalue weighted by molar-refractivity contribution is -0.385. The Kier molecular flexibility index (Phi) is 7.57. The van der Waals surface area contributed by atoms with Gasteiger partial charge in [0.15, 0.2) is 11.2 Å². The molecule has 0 aliphatic rings. The van der Waals surface area contributed by atoms with Crippen LogP contribution in [-0.2, 0) is 4.74 Å². The molecular formula is C29H18N4O10. The van der Waals surface area contributed by atoms with Crippen LogP contribution in [0.15, 0.2) is 93.8 Å². The van der Waals surface area contributed by atoms with Crippen LogP contribution in [0.5, 0.6) is 0 Å². The number of carbonyl (C=O) groups excluding carboxylic acids is 1. The second-order valence-electron chi connectivity index (χ2n) is 8.75. The van der Waals surface area contributed by atoms with Crippen molar-refractivity contribution in [1.29, 1.82) is 0 Å². The molecule has 0 saturated carbocycles. The van der Waals surface area contributed by atoms with Crippen molar-refractivity contribution in [3.63, 3.8) is 0 Å². The SMILES string of the molecule is COC(=O)c1cccc2oc(-c3ccc([N+](=O)[O-])cc3)nc12.O=C(O)c1cccc2oc(-c3ccc([N+](=O)[O-])cc3)nc12. The summed E-state index contributed by atoms with van der Waals surface area (Å²) in [6, 6.07) is 21.1. The van der Waals surface area contributed by atoms with Gasteiger partial charge in [0.2, 0.25) is 11.8 Å². The Morgan fingerprint density at radius 1 is 0.698 bits per heavy atom. The molecule has 0 aliphatic carbocycles. The number of benzene rings is 4. The zero-order valence-electron chi connectivity index (χ0n) is 22.0. The second-order valence-corrected chi connectivity index (χ2v) is 8.75. The van der Waals surface area contributed by atoms with Gasteiger partial charge in [-0.3, -0.25) is 20.2 Å². The Hall–Kier alpha value is -6.44. The number of nitro benzene ring substituents is 2. The van der Waals surface area contributed by atoms with Gasteiger partial charge in [-0.05, 0) is 48.5 Å². The van der Waals surface area contributed by atoms with Crippen molar-refractivity contribution in [3.05, 3.63) is 116 Å². The molecule has 0 bridgehead atoms. The molecule has 14 heteroatoms. The van der Waals surface area contributed by atoms with Gasteiger partial charge in [0.05, 0.1) is 28.1 Å². The first-order valence-corrected chi connectivity index (χ1v) is 12.3. The zero-order chi connectivity index (χ0) is 30.7. The summed E-state index contributed by atoms with van der Waals surface area (Å²) in [5.74, 6) is -1.10. The number of carboxylic acid groups (broad SMARTS) is 1. The number of ether oxygens (including phenoxy) is 1. The molecule has 0 saturated heterocycles. The molecule has 6 aromatic rings. The number of esters is 1. The van der Waals surface area contributed by atoms with Gasteiger partial charge in [0.1, 0.15) is 11.0 Å². The topological polar surface area (TPSA) is 202 Å². The molecule has 214 valence electrons. The molecule has 0 aliphatic heterocycles. The molecule has 0 radical (unpaired) electrons. The van der Waals surface area contributed by atoms with Gasteiger partial charge in [-0.1, -0.05) is 12.1 Å². The minimum atomic E-state index is -1.09. The molecule has 0 unspecified atom stereocenters. The molecule has 2 heterocycles. The van der Waals surface area contributed by atoms with Gasteiger partial charge < -0.3 is 18.7 Å². The van der Waals surface area contributed by atoms with Gasteiger partial charge in [0, 0.05) is 35.4 Å². The number of nitro groups is 2. The number of aromatic nitrogens is 2. The first-order chi connectivity index (χ1) is 20.7. The van der Waals surface area contributed by atoms with Gasteiger partial charge in [-0.2, -0.15) is 0 Å². The Labute approximate surface area is 240 Å². The van der Waals surface area contributed by atoms with Crippen molar-refractivity contribution < 1.29 is 38.1 Å². The first kappa shape index (κ1) is 28.1. The van der Waals surface area contributed by atoms with Gasteiger partial charge in [-0.25, -0.2) is 19.6 Å². The van der Waals surface area contributed by atoms with E-state index in [-0.39, 0.29) is 34.2 Å². The van der Waals surface area contributed by atoms with Gasteiger partial charge >= 0.3 is 11.9 Å². The van der Waals surface area contributed by atoms with Gasteiger partial charge in [0.25, 0.3) is 11.4 Å². The molecule has 0 spiro atoms. The molecule has 4 aromatic carbocycles. The van der Waals surface area contributed by atoms with E-state index in [0.29, 0.717) is 33.4 Å². The average Bonchev–Trinajstić information content (AvgIpc) is 3.66. The molecule has 6 rings (SSSR count). The molecule has 14 nitrogen and oxygen atoms in total. The van der Waals surface area contributed by atoms with Crippen LogP contribution < -0.4 is 0 Å². The number of carbonyl (C=O) groups is 2. The molecular weight excluding hydrogens is 564 g/mol. The van der Waals surface area contributed by atoms with Crippen molar-refractivity contribution in [1.82, 2.24) is 9.97 Å². The quantitative estimate of drug-likeness (QED) is 0.131. The van der Waals surface area contributed by atoms with E-state index >= 15 is 0 Å². The summed E-state index contributed by atoms with van der Waals surface area (Å²) >= 11 is 0. The lowest BCUT2D eigenvalue weighted by Crippen LogP contribution is -2.01. The molecule has 0 amide bonds. The standard InChI is InChI=1S/C15H10N2O5.C14H8N2O5/c1-21-15(18)11-3-2-4-12-13(11)16-14(22-12)9-5-7-10(8-6-9)17(19)20;17-14(18)10-2-1-3-11-12(10)15-13(21-11)8-4-6-9(7-5-8)16(19)20/h2-8H,1H3;1-7H,(H,17,18). The van der Waals surface area contributed by atoms with E-state index in [0.717, 1.165) is 0 Å². The summed E-state index contributed by atoms with van der Waals surface area (Å²) in [6.07, 6.45) is 0. The number of hydrogen-bond donors (Lipinski definition) is 1.